The monoisotopic (exact) mass is 364 g/mol. The summed E-state index contributed by atoms with van der Waals surface area (Å²) < 4.78 is 0. The minimum absolute atomic E-state index is 0.0597. The maximum absolute atomic E-state index is 12.4. The lowest BCUT2D eigenvalue weighted by Crippen LogP contribution is -2.38. The van der Waals surface area contributed by atoms with Crippen LogP contribution in [0.25, 0.3) is 0 Å². The number of carbonyl (C=O) groups is 1. The van der Waals surface area contributed by atoms with Gasteiger partial charge in [0, 0.05) is 18.8 Å². The second-order valence-corrected chi connectivity index (χ2v) is 6.83. The molecule has 2 aromatic rings. The van der Waals surface area contributed by atoms with Gasteiger partial charge in [-0.2, -0.15) is 0 Å². The van der Waals surface area contributed by atoms with Gasteiger partial charge in [0.15, 0.2) is 0 Å². The fourth-order valence-corrected chi connectivity index (χ4v) is 2.90. The van der Waals surface area contributed by atoms with Gasteiger partial charge in [-0.15, -0.1) is 0 Å². The summed E-state index contributed by atoms with van der Waals surface area (Å²) in [6.07, 6.45) is 5.12. The van der Waals surface area contributed by atoms with Crippen molar-refractivity contribution in [1.82, 2.24) is 14.9 Å². The summed E-state index contributed by atoms with van der Waals surface area (Å²) in [7, 11) is 0. The van der Waals surface area contributed by atoms with Crippen molar-refractivity contribution < 1.29 is 4.79 Å². The fraction of sp³-hybridized carbons (Fsp3) is 0.353. The number of carbonyl (C=O) groups excluding carboxylic acids is 1. The van der Waals surface area contributed by atoms with E-state index in [4.69, 9.17) is 23.2 Å². The number of amides is 1. The van der Waals surface area contributed by atoms with Crippen LogP contribution < -0.4 is 5.32 Å². The van der Waals surface area contributed by atoms with Crippen LogP contribution in [-0.4, -0.2) is 33.9 Å². The Balaban J connectivity index is 1.66. The third kappa shape index (κ3) is 3.97. The molecule has 0 unspecified atom stereocenters. The van der Waals surface area contributed by atoms with E-state index in [-0.39, 0.29) is 5.91 Å². The summed E-state index contributed by atoms with van der Waals surface area (Å²) >= 11 is 11.9. The Labute approximate surface area is 151 Å². The predicted octanol–water partition coefficient (Wildman–Crippen LogP) is 4.40. The zero-order valence-corrected chi connectivity index (χ0v) is 14.8. The molecule has 0 spiro atoms. The van der Waals surface area contributed by atoms with E-state index in [1.165, 1.54) is 6.20 Å². The second-order valence-electron chi connectivity index (χ2n) is 6.02. The Kier molecular flexibility index (Phi) is 5.21. The lowest BCUT2D eigenvalue weighted by Gasteiger charge is -2.29. The molecule has 0 saturated carbocycles. The van der Waals surface area contributed by atoms with Crippen molar-refractivity contribution in [3.05, 3.63) is 46.3 Å². The first-order chi connectivity index (χ1) is 11.5. The largest absolute Gasteiger partial charge is 0.339 e. The highest BCUT2D eigenvalue weighted by molar-refractivity contribution is 6.42. The molecule has 1 saturated heterocycles. The zero-order valence-electron chi connectivity index (χ0n) is 13.3. The highest BCUT2D eigenvalue weighted by Crippen LogP contribution is 2.26. The van der Waals surface area contributed by atoms with Gasteiger partial charge in [-0.3, -0.25) is 4.79 Å². The second kappa shape index (κ2) is 7.36. The minimum atomic E-state index is -0.0597. The first-order valence-corrected chi connectivity index (χ1v) is 8.62. The average Bonchev–Trinajstić information content (AvgIpc) is 2.59. The molecule has 0 aliphatic carbocycles. The SMILES string of the molecule is CC1CCN(C(=O)c2cnc(Nc3ccc(Cl)c(Cl)c3)cn2)CC1. The lowest BCUT2D eigenvalue weighted by molar-refractivity contribution is 0.0691. The van der Waals surface area contributed by atoms with E-state index in [1.807, 2.05) is 4.90 Å². The minimum Gasteiger partial charge on any atom is -0.339 e. The molecule has 1 amide bonds. The van der Waals surface area contributed by atoms with E-state index >= 15 is 0 Å². The number of hydrogen-bond acceptors (Lipinski definition) is 4. The van der Waals surface area contributed by atoms with E-state index < -0.39 is 0 Å². The van der Waals surface area contributed by atoms with Gasteiger partial charge in [-0.05, 0) is 37.0 Å². The van der Waals surface area contributed by atoms with Crippen LogP contribution in [0.5, 0.6) is 0 Å². The maximum atomic E-state index is 12.4. The number of benzene rings is 1. The summed E-state index contributed by atoms with van der Waals surface area (Å²) in [6.45, 7) is 3.78. The van der Waals surface area contributed by atoms with E-state index in [9.17, 15) is 4.79 Å². The molecular weight excluding hydrogens is 347 g/mol. The van der Waals surface area contributed by atoms with Gasteiger partial charge in [-0.1, -0.05) is 30.1 Å². The highest BCUT2D eigenvalue weighted by atomic mass is 35.5. The third-order valence-electron chi connectivity index (χ3n) is 4.13. The number of rotatable bonds is 3. The summed E-state index contributed by atoms with van der Waals surface area (Å²) in [5.41, 5.74) is 1.12. The molecular formula is C17H18Cl2N4O. The van der Waals surface area contributed by atoms with Gasteiger partial charge in [0.1, 0.15) is 11.5 Å². The Morgan fingerprint density at radius 1 is 1.17 bits per heavy atom. The van der Waals surface area contributed by atoms with Gasteiger partial charge in [-0.25, -0.2) is 9.97 Å². The van der Waals surface area contributed by atoms with Crippen molar-refractivity contribution in [2.45, 2.75) is 19.8 Å². The Morgan fingerprint density at radius 3 is 2.54 bits per heavy atom. The van der Waals surface area contributed by atoms with E-state index in [1.54, 1.807) is 24.4 Å². The maximum Gasteiger partial charge on any atom is 0.274 e. The number of hydrogen-bond donors (Lipinski definition) is 1. The summed E-state index contributed by atoms with van der Waals surface area (Å²) in [4.78, 5) is 22.8. The molecule has 24 heavy (non-hydrogen) atoms. The van der Waals surface area contributed by atoms with Crippen molar-refractivity contribution in [2.24, 2.45) is 5.92 Å². The summed E-state index contributed by atoms with van der Waals surface area (Å²) in [5.74, 6) is 1.16. The van der Waals surface area contributed by atoms with Crippen LogP contribution in [0, 0.1) is 5.92 Å². The summed E-state index contributed by atoms with van der Waals surface area (Å²) in [6, 6.07) is 5.21. The van der Waals surface area contributed by atoms with Crippen molar-refractivity contribution in [2.75, 3.05) is 18.4 Å². The first kappa shape index (κ1) is 17.0. The number of anilines is 2. The van der Waals surface area contributed by atoms with E-state index in [0.29, 0.717) is 27.5 Å². The molecule has 1 aliphatic heterocycles. The lowest BCUT2D eigenvalue weighted by atomic mass is 9.99. The molecule has 1 aromatic heterocycles. The van der Waals surface area contributed by atoms with Crippen LogP contribution in [0.4, 0.5) is 11.5 Å². The molecule has 0 radical (unpaired) electrons. The number of halogens is 2. The number of nitrogens with one attached hydrogen (secondary N) is 1. The number of nitrogens with zero attached hydrogens (tertiary/aromatic N) is 3. The Bertz CT molecular complexity index is 728. The van der Waals surface area contributed by atoms with Crippen LogP contribution >= 0.6 is 23.2 Å². The molecule has 0 atom stereocenters. The topological polar surface area (TPSA) is 58.1 Å². The van der Waals surface area contributed by atoms with E-state index in [2.05, 4.69) is 22.2 Å². The number of piperidine rings is 1. The third-order valence-corrected chi connectivity index (χ3v) is 4.87. The molecule has 3 rings (SSSR count). The van der Waals surface area contributed by atoms with Crippen molar-refractivity contribution in [3.63, 3.8) is 0 Å². The zero-order chi connectivity index (χ0) is 17.1. The quantitative estimate of drug-likeness (QED) is 0.876. The number of likely N-dealkylation sites (tertiary alicyclic amines) is 1. The predicted molar refractivity (Wildman–Crippen MR) is 96.1 cm³/mol. The fourth-order valence-electron chi connectivity index (χ4n) is 2.60. The summed E-state index contributed by atoms with van der Waals surface area (Å²) in [5, 5.41) is 4.03. The molecule has 5 nitrogen and oxygen atoms in total. The van der Waals surface area contributed by atoms with Gasteiger partial charge in [0.2, 0.25) is 0 Å². The van der Waals surface area contributed by atoms with Crippen LogP contribution in [-0.2, 0) is 0 Å². The Hall–Kier alpha value is -1.85. The first-order valence-electron chi connectivity index (χ1n) is 7.86. The van der Waals surface area contributed by atoms with Gasteiger partial charge < -0.3 is 10.2 Å². The highest BCUT2D eigenvalue weighted by Gasteiger charge is 2.22. The molecule has 7 heteroatoms. The van der Waals surface area contributed by atoms with Crippen LogP contribution in [0.1, 0.15) is 30.3 Å². The molecule has 2 heterocycles. The van der Waals surface area contributed by atoms with Crippen LogP contribution in [0.15, 0.2) is 30.6 Å². The van der Waals surface area contributed by atoms with Gasteiger partial charge in [0.05, 0.1) is 22.4 Å². The molecule has 1 aromatic carbocycles. The smallest absolute Gasteiger partial charge is 0.274 e. The Morgan fingerprint density at radius 2 is 1.92 bits per heavy atom. The van der Waals surface area contributed by atoms with Crippen LogP contribution in [0.3, 0.4) is 0 Å². The molecule has 1 N–H and O–H groups in total. The molecule has 1 fully saturated rings. The van der Waals surface area contributed by atoms with Crippen molar-refractivity contribution >= 4 is 40.6 Å². The number of aromatic nitrogens is 2. The van der Waals surface area contributed by atoms with Crippen molar-refractivity contribution in [1.29, 1.82) is 0 Å². The molecule has 1 aliphatic rings. The molecule has 126 valence electrons. The van der Waals surface area contributed by atoms with Gasteiger partial charge in [0.25, 0.3) is 5.91 Å². The molecule has 0 bridgehead atoms. The van der Waals surface area contributed by atoms with E-state index in [0.717, 1.165) is 31.6 Å². The van der Waals surface area contributed by atoms with Crippen molar-refractivity contribution in [3.8, 4) is 0 Å². The van der Waals surface area contributed by atoms with Crippen LogP contribution in [0.2, 0.25) is 10.0 Å². The van der Waals surface area contributed by atoms with Gasteiger partial charge >= 0.3 is 0 Å². The average molecular weight is 365 g/mol. The normalized spacial score (nSPS) is 15.4. The standard InChI is InChI=1S/C17H18Cl2N4O/c1-11-4-6-23(7-5-11)17(24)15-9-21-16(10-20-15)22-12-2-3-13(18)14(19)8-12/h2-3,8-11H,4-7H2,1H3,(H,21,22).